The number of nitriles is 1. The number of hydrogen-bond acceptors (Lipinski definition) is 3. The number of ketones is 1. The Labute approximate surface area is 99.5 Å². The fourth-order valence-electron chi connectivity index (χ4n) is 2.11. The van der Waals surface area contributed by atoms with E-state index in [9.17, 15) is 9.18 Å². The summed E-state index contributed by atoms with van der Waals surface area (Å²) in [5.74, 6) is -0.171. The van der Waals surface area contributed by atoms with Gasteiger partial charge in [0, 0.05) is 13.0 Å². The first-order valence-electron chi connectivity index (χ1n) is 5.61. The Morgan fingerprint density at radius 3 is 2.94 bits per heavy atom. The van der Waals surface area contributed by atoms with Crippen molar-refractivity contribution in [2.24, 2.45) is 0 Å². The molecule has 88 valence electrons. The maximum atomic E-state index is 13.2. The van der Waals surface area contributed by atoms with E-state index in [-0.39, 0.29) is 5.78 Å². The van der Waals surface area contributed by atoms with Crippen molar-refractivity contribution in [3.8, 4) is 6.07 Å². The Bertz CT molecular complexity index is 479. The Hall–Kier alpha value is -1.73. The van der Waals surface area contributed by atoms with Crippen molar-refractivity contribution >= 4 is 5.78 Å². The van der Waals surface area contributed by atoms with Gasteiger partial charge in [-0.15, -0.1) is 0 Å². The van der Waals surface area contributed by atoms with E-state index < -0.39 is 5.82 Å². The lowest BCUT2D eigenvalue weighted by molar-refractivity contribution is -0.122. The van der Waals surface area contributed by atoms with E-state index in [1.807, 2.05) is 11.0 Å². The van der Waals surface area contributed by atoms with Crippen molar-refractivity contribution in [1.82, 2.24) is 4.90 Å². The molecule has 1 aliphatic rings. The maximum absolute atomic E-state index is 13.2. The Kier molecular flexibility index (Phi) is 3.50. The minimum absolute atomic E-state index is 0.230. The average Bonchev–Trinajstić information content (AvgIpc) is 2.28. The lowest BCUT2D eigenvalue weighted by Crippen LogP contribution is -2.35. The van der Waals surface area contributed by atoms with Crippen LogP contribution >= 0.6 is 0 Å². The van der Waals surface area contributed by atoms with Gasteiger partial charge in [-0.25, -0.2) is 4.39 Å². The van der Waals surface area contributed by atoms with Crippen LogP contribution in [0.1, 0.15) is 24.0 Å². The summed E-state index contributed by atoms with van der Waals surface area (Å²) < 4.78 is 13.2. The molecule has 0 aromatic heterocycles. The van der Waals surface area contributed by atoms with E-state index >= 15 is 0 Å². The first-order chi connectivity index (χ1) is 8.17. The summed E-state index contributed by atoms with van der Waals surface area (Å²) in [6.45, 7) is 1.81. The predicted octanol–water partition coefficient (Wildman–Crippen LogP) is 1.86. The summed E-state index contributed by atoms with van der Waals surface area (Å²) in [4.78, 5) is 13.3. The SMILES string of the molecule is N#Cc1cc(F)cc(CN2CCCC(=O)C2)c1. The highest BCUT2D eigenvalue weighted by molar-refractivity contribution is 5.81. The zero-order chi connectivity index (χ0) is 12.3. The third kappa shape index (κ3) is 3.11. The van der Waals surface area contributed by atoms with Gasteiger partial charge in [0.25, 0.3) is 0 Å². The van der Waals surface area contributed by atoms with Crippen molar-refractivity contribution in [3.63, 3.8) is 0 Å². The largest absolute Gasteiger partial charge is 0.298 e. The van der Waals surface area contributed by atoms with Crippen LogP contribution in [0.3, 0.4) is 0 Å². The molecule has 2 rings (SSSR count). The van der Waals surface area contributed by atoms with Crippen LogP contribution in [-0.4, -0.2) is 23.8 Å². The minimum Gasteiger partial charge on any atom is -0.298 e. The summed E-state index contributed by atoms with van der Waals surface area (Å²) in [6, 6.07) is 6.23. The normalized spacial score (nSPS) is 16.8. The second-order valence-corrected chi connectivity index (χ2v) is 4.31. The second-order valence-electron chi connectivity index (χ2n) is 4.31. The number of rotatable bonds is 2. The van der Waals surface area contributed by atoms with Gasteiger partial charge in [0.05, 0.1) is 18.2 Å². The third-order valence-corrected chi connectivity index (χ3v) is 2.82. The van der Waals surface area contributed by atoms with E-state index in [0.29, 0.717) is 25.1 Å². The number of benzene rings is 1. The summed E-state index contributed by atoms with van der Waals surface area (Å²) in [5, 5.41) is 8.75. The van der Waals surface area contributed by atoms with Crippen molar-refractivity contribution in [2.75, 3.05) is 13.1 Å². The van der Waals surface area contributed by atoms with Crippen LogP contribution in [0.15, 0.2) is 18.2 Å². The second kappa shape index (κ2) is 5.07. The van der Waals surface area contributed by atoms with Gasteiger partial charge in [0.1, 0.15) is 11.6 Å². The van der Waals surface area contributed by atoms with Gasteiger partial charge >= 0.3 is 0 Å². The molecule has 0 atom stereocenters. The molecule has 1 aliphatic heterocycles. The molecule has 1 saturated heterocycles. The molecule has 0 unspecified atom stereocenters. The molecular formula is C13H13FN2O. The smallest absolute Gasteiger partial charge is 0.146 e. The van der Waals surface area contributed by atoms with Crippen LogP contribution < -0.4 is 0 Å². The van der Waals surface area contributed by atoms with Gasteiger partial charge in [-0.1, -0.05) is 0 Å². The van der Waals surface area contributed by atoms with Crippen molar-refractivity contribution in [1.29, 1.82) is 5.26 Å². The standard InChI is InChI=1S/C13H13FN2O/c14-12-5-10(7-15)4-11(6-12)8-16-3-1-2-13(17)9-16/h4-6H,1-3,8-9H2. The Balaban J connectivity index is 2.10. The summed E-state index contributed by atoms with van der Waals surface area (Å²) in [7, 11) is 0. The van der Waals surface area contributed by atoms with Gasteiger partial charge in [-0.2, -0.15) is 5.26 Å². The molecular weight excluding hydrogens is 219 g/mol. The van der Waals surface area contributed by atoms with Crippen LogP contribution in [0.5, 0.6) is 0 Å². The highest BCUT2D eigenvalue weighted by Gasteiger charge is 2.17. The Morgan fingerprint density at radius 2 is 2.24 bits per heavy atom. The van der Waals surface area contributed by atoms with Crippen molar-refractivity contribution in [2.45, 2.75) is 19.4 Å². The monoisotopic (exact) mass is 232 g/mol. The third-order valence-electron chi connectivity index (χ3n) is 2.82. The number of carbonyl (C=O) groups is 1. The summed E-state index contributed by atoms with van der Waals surface area (Å²) in [5.41, 5.74) is 1.07. The molecule has 0 N–H and O–H groups in total. The molecule has 0 aliphatic carbocycles. The molecule has 1 aromatic carbocycles. The predicted molar refractivity (Wildman–Crippen MR) is 60.6 cm³/mol. The van der Waals surface area contributed by atoms with Crippen LogP contribution in [0.2, 0.25) is 0 Å². The van der Waals surface area contributed by atoms with Crippen molar-refractivity contribution in [3.05, 3.63) is 35.1 Å². The van der Waals surface area contributed by atoms with E-state index in [4.69, 9.17) is 5.26 Å². The average molecular weight is 232 g/mol. The molecule has 0 amide bonds. The molecule has 1 heterocycles. The molecule has 0 bridgehead atoms. The zero-order valence-electron chi connectivity index (χ0n) is 9.45. The number of likely N-dealkylation sites (tertiary alicyclic amines) is 1. The number of Topliss-reactive ketones (excluding diaryl/α,β-unsaturated/α-hetero) is 1. The van der Waals surface area contributed by atoms with Crippen LogP contribution in [-0.2, 0) is 11.3 Å². The number of hydrogen-bond donors (Lipinski definition) is 0. The van der Waals surface area contributed by atoms with Gasteiger partial charge in [0.15, 0.2) is 0 Å². The summed E-state index contributed by atoms with van der Waals surface area (Å²) in [6.07, 6.45) is 1.50. The maximum Gasteiger partial charge on any atom is 0.146 e. The van der Waals surface area contributed by atoms with Crippen LogP contribution in [0.4, 0.5) is 4.39 Å². The van der Waals surface area contributed by atoms with Crippen LogP contribution in [0.25, 0.3) is 0 Å². The molecule has 17 heavy (non-hydrogen) atoms. The number of piperidine rings is 1. The molecule has 3 nitrogen and oxygen atoms in total. The van der Waals surface area contributed by atoms with Gasteiger partial charge in [-0.3, -0.25) is 9.69 Å². The van der Waals surface area contributed by atoms with E-state index in [1.54, 1.807) is 6.07 Å². The molecule has 4 heteroatoms. The number of carbonyl (C=O) groups excluding carboxylic acids is 1. The molecule has 0 spiro atoms. The lowest BCUT2D eigenvalue weighted by Gasteiger charge is -2.25. The van der Waals surface area contributed by atoms with E-state index in [2.05, 4.69) is 0 Å². The van der Waals surface area contributed by atoms with Gasteiger partial charge in [-0.05, 0) is 36.7 Å². The van der Waals surface area contributed by atoms with Gasteiger partial charge in [0.2, 0.25) is 0 Å². The minimum atomic E-state index is -0.401. The molecule has 0 saturated carbocycles. The first-order valence-corrected chi connectivity index (χ1v) is 5.61. The van der Waals surface area contributed by atoms with Gasteiger partial charge < -0.3 is 0 Å². The highest BCUT2D eigenvalue weighted by Crippen LogP contribution is 2.14. The zero-order valence-corrected chi connectivity index (χ0v) is 9.45. The summed E-state index contributed by atoms with van der Waals surface area (Å²) >= 11 is 0. The highest BCUT2D eigenvalue weighted by atomic mass is 19.1. The number of halogens is 1. The molecule has 0 radical (unpaired) electrons. The number of nitrogens with zero attached hydrogens (tertiary/aromatic N) is 2. The van der Waals surface area contributed by atoms with E-state index in [1.165, 1.54) is 12.1 Å². The fourth-order valence-corrected chi connectivity index (χ4v) is 2.11. The quantitative estimate of drug-likeness (QED) is 0.781. The molecule has 1 aromatic rings. The van der Waals surface area contributed by atoms with E-state index in [0.717, 1.165) is 18.5 Å². The van der Waals surface area contributed by atoms with Crippen LogP contribution in [0, 0.1) is 17.1 Å². The Morgan fingerprint density at radius 1 is 1.41 bits per heavy atom. The topological polar surface area (TPSA) is 44.1 Å². The first kappa shape index (κ1) is 11.7. The lowest BCUT2D eigenvalue weighted by atomic mass is 10.1. The van der Waals surface area contributed by atoms with Crippen molar-refractivity contribution < 1.29 is 9.18 Å². The fraction of sp³-hybridized carbons (Fsp3) is 0.385. The molecule has 1 fully saturated rings.